The predicted octanol–water partition coefficient (Wildman–Crippen LogP) is 2.43. The maximum atomic E-state index is 5.80. The maximum absolute atomic E-state index is 5.80. The van der Waals surface area contributed by atoms with Gasteiger partial charge in [0.25, 0.3) is 0 Å². The van der Waals surface area contributed by atoms with Crippen molar-refractivity contribution in [2.45, 2.75) is 58.4 Å². The summed E-state index contributed by atoms with van der Waals surface area (Å²) in [6.45, 7) is 6.39. The topological polar surface area (TPSA) is 80.0 Å². The van der Waals surface area contributed by atoms with Gasteiger partial charge in [-0.05, 0) is 26.2 Å². The summed E-state index contributed by atoms with van der Waals surface area (Å²) < 4.78 is 0. The molecule has 1 aliphatic rings. The first-order valence-corrected chi connectivity index (χ1v) is 7.72. The van der Waals surface area contributed by atoms with E-state index in [1.807, 2.05) is 0 Å². The molecule has 0 saturated carbocycles. The van der Waals surface area contributed by atoms with Gasteiger partial charge in [0.05, 0.1) is 0 Å². The molecule has 0 aliphatic carbocycles. The van der Waals surface area contributed by atoms with Gasteiger partial charge in [0.1, 0.15) is 0 Å². The number of hydrogen-bond donors (Lipinski definition) is 2. The van der Waals surface area contributed by atoms with Gasteiger partial charge in [0, 0.05) is 19.1 Å². The fourth-order valence-corrected chi connectivity index (χ4v) is 2.50. The molecule has 6 heteroatoms. The second-order valence-electron chi connectivity index (χ2n) is 5.55. The molecule has 1 aromatic rings. The highest BCUT2D eigenvalue weighted by atomic mass is 15.3. The molecule has 0 spiro atoms. The SMILES string of the molecule is CCCCCC(C)Nc1nc(N)nc(N2CCCC2)n1. The van der Waals surface area contributed by atoms with Crippen molar-refractivity contribution in [1.29, 1.82) is 0 Å². The minimum atomic E-state index is 0.296. The van der Waals surface area contributed by atoms with E-state index in [-0.39, 0.29) is 0 Å². The molecule has 112 valence electrons. The highest BCUT2D eigenvalue weighted by Crippen LogP contribution is 2.18. The fourth-order valence-electron chi connectivity index (χ4n) is 2.50. The Morgan fingerprint density at radius 2 is 1.95 bits per heavy atom. The minimum Gasteiger partial charge on any atom is -0.368 e. The second kappa shape index (κ2) is 7.26. The van der Waals surface area contributed by atoms with E-state index >= 15 is 0 Å². The minimum absolute atomic E-state index is 0.296. The van der Waals surface area contributed by atoms with E-state index in [1.165, 1.54) is 32.1 Å². The molecule has 1 aromatic heterocycles. The Morgan fingerprint density at radius 3 is 2.65 bits per heavy atom. The molecule has 0 amide bonds. The number of nitrogens with two attached hydrogens (primary N) is 1. The lowest BCUT2D eigenvalue weighted by Crippen LogP contribution is -2.23. The molecule has 1 atom stereocenters. The Morgan fingerprint density at radius 1 is 1.20 bits per heavy atom. The van der Waals surface area contributed by atoms with Crippen molar-refractivity contribution in [3.63, 3.8) is 0 Å². The van der Waals surface area contributed by atoms with Crippen LogP contribution in [0.2, 0.25) is 0 Å². The van der Waals surface area contributed by atoms with E-state index in [1.54, 1.807) is 0 Å². The quantitative estimate of drug-likeness (QED) is 0.746. The summed E-state index contributed by atoms with van der Waals surface area (Å²) in [5, 5.41) is 3.34. The Labute approximate surface area is 121 Å². The van der Waals surface area contributed by atoms with Gasteiger partial charge in [0.15, 0.2) is 0 Å². The number of unbranched alkanes of at least 4 members (excludes halogenated alkanes) is 2. The number of nitrogen functional groups attached to an aromatic ring is 1. The first-order chi connectivity index (χ1) is 9.69. The molecule has 1 fully saturated rings. The van der Waals surface area contributed by atoms with Gasteiger partial charge in [-0.2, -0.15) is 15.0 Å². The van der Waals surface area contributed by atoms with Crippen LogP contribution in [0.5, 0.6) is 0 Å². The number of hydrogen-bond acceptors (Lipinski definition) is 6. The molecule has 2 rings (SSSR count). The van der Waals surface area contributed by atoms with Crippen LogP contribution in [-0.2, 0) is 0 Å². The summed E-state index contributed by atoms with van der Waals surface area (Å²) in [5.74, 6) is 1.60. The van der Waals surface area contributed by atoms with Gasteiger partial charge in [0.2, 0.25) is 17.8 Å². The van der Waals surface area contributed by atoms with Crippen LogP contribution in [0.15, 0.2) is 0 Å². The third-order valence-electron chi connectivity index (χ3n) is 3.65. The Bertz CT molecular complexity index is 416. The predicted molar refractivity (Wildman–Crippen MR) is 82.9 cm³/mol. The first-order valence-electron chi connectivity index (χ1n) is 7.72. The van der Waals surface area contributed by atoms with Crippen LogP contribution in [0.3, 0.4) is 0 Å². The summed E-state index contributed by atoms with van der Waals surface area (Å²) in [6.07, 6.45) is 7.25. The summed E-state index contributed by atoms with van der Waals surface area (Å²) in [7, 11) is 0. The zero-order valence-corrected chi connectivity index (χ0v) is 12.6. The molecule has 1 unspecified atom stereocenters. The number of aromatic nitrogens is 3. The van der Waals surface area contributed by atoms with E-state index in [4.69, 9.17) is 5.73 Å². The van der Waals surface area contributed by atoms with Gasteiger partial charge in [-0.1, -0.05) is 26.2 Å². The number of rotatable bonds is 7. The lowest BCUT2D eigenvalue weighted by molar-refractivity contribution is 0.611. The van der Waals surface area contributed by atoms with Crippen LogP contribution in [0, 0.1) is 0 Å². The molecule has 1 aliphatic heterocycles. The van der Waals surface area contributed by atoms with Crippen molar-refractivity contribution in [1.82, 2.24) is 15.0 Å². The lowest BCUT2D eigenvalue weighted by Gasteiger charge is -2.18. The molecule has 20 heavy (non-hydrogen) atoms. The fraction of sp³-hybridized carbons (Fsp3) is 0.786. The van der Waals surface area contributed by atoms with Gasteiger partial charge in [-0.25, -0.2) is 0 Å². The summed E-state index contributed by atoms with van der Waals surface area (Å²) >= 11 is 0. The van der Waals surface area contributed by atoms with Crippen molar-refractivity contribution < 1.29 is 0 Å². The van der Waals surface area contributed by atoms with Crippen LogP contribution in [0.4, 0.5) is 17.8 Å². The van der Waals surface area contributed by atoms with E-state index in [0.29, 0.717) is 23.9 Å². The highest BCUT2D eigenvalue weighted by Gasteiger charge is 2.17. The molecule has 3 N–H and O–H groups in total. The number of nitrogens with zero attached hydrogens (tertiary/aromatic N) is 4. The number of anilines is 3. The Hall–Kier alpha value is -1.59. The number of nitrogens with one attached hydrogen (secondary N) is 1. The van der Waals surface area contributed by atoms with Crippen molar-refractivity contribution in [2.24, 2.45) is 0 Å². The van der Waals surface area contributed by atoms with Gasteiger partial charge >= 0.3 is 0 Å². The van der Waals surface area contributed by atoms with E-state index in [0.717, 1.165) is 19.5 Å². The van der Waals surface area contributed by atoms with E-state index in [9.17, 15) is 0 Å². The van der Waals surface area contributed by atoms with Crippen molar-refractivity contribution >= 4 is 17.8 Å². The van der Waals surface area contributed by atoms with Crippen LogP contribution in [-0.4, -0.2) is 34.1 Å². The molecule has 6 nitrogen and oxygen atoms in total. The van der Waals surface area contributed by atoms with Gasteiger partial charge < -0.3 is 16.0 Å². The highest BCUT2D eigenvalue weighted by molar-refractivity contribution is 5.42. The van der Waals surface area contributed by atoms with Crippen molar-refractivity contribution in [2.75, 3.05) is 29.0 Å². The van der Waals surface area contributed by atoms with Gasteiger partial charge in [-0.15, -0.1) is 0 Å². The largest absolute Gasteiger partial charge is 0.368 e. The molecular weight excluding hydrogens is 252 g/mol. The molecule has 0 radical (unpaired) electrons. The Kier molecular flexibility index (Phi) is 5.38. The zero-order valence-electron chi connectivity index (χ0n) is 12.6. The van der Waals surface area contributed by atoms with E-state index < -0.39 is 0 Å². The molecule has 0 bridgehead atoms. The summed E-state index contributed by atoms with van der Waals surface area (Å²) in [4.78, 5) is 15.1. The smallest absolute Gasteiger partial charge is 0.231 e. The molecular formula is C14H26N6. The second-order valence-corrected chi connectivity index (χ2v) is 5.55. The summed E-state index contributed by atoms with van der Waals surface area (Å²) in [5.41, 5.74) is 5.80. The zero-order chi connectivity index (χ0) is 14.4. The van der Waals surface area contributed by atoms with Gasteiger partial charge in [-0.3, -0.25) is 0 Å². The monoisotopic (exact) mass is 278 g/mol. The van der Waals surface area contributed by atoms with Crippen molar-refractivity contribution in [3.8, 4) is 0 Å². The normalized spacial score (nSPS) is 16.4. The maximum Gasteiger partial charge on any atom is 0.231 e. The van der Waals surface area contributed by atoms with Crippen LogP contribution in [0.25, 0.3) is 0 Å². The van der Waals surface area contributed by atoms with Crippen LogP contribution in [0.1, 0.15) is 52.4 Å². The average molecular weight is 278 g/mol. The standard InChI is InChI=1S/C14H26N6/c1-3-4-5-8-11(2)16-13-17-12(15)18-14(19-13)20-9-6-7-10-20/h11H,3-10H2,1-2H3,(H3,15,16,17,18,19). The van der Waals surface area contributed by atoms with Crippen LogP contribution >= 0.6 is 0 Å². The molecule has 2 heterocycles. The third-order valence-corrected chi connectivity index (χ3v) is 3.65. The first kappa shape index (κ1) is 14.8. The molecule has 0 aromatic carbocycles. The lowest BCUT2D eigenvalue weighted by atomic mass is 10.1. The third kappa shape index (κ3) is 4.21. The van der Waals surface area contributed by atoms with Crippen LogP contribution < -0.4 is 16.0 Å². The molecule has 1 saturated heterocycles. The summed E-state index contributed by atoms with van der Waals surface area (Å²) in [6, 6.07) is 0.356. The average Bonchev–Trinajstić information content (AvgIpc) is 2.92. The Balaban J connectivity index is 1.96. The van der Waals surface area contributed by atoms with E-state index in [2.05, 4.69) is 39.0 Å². The van der Waals surface area contributed by atoms with Crippen molar-refractivity contribution in [3.05, 3.63) is 0 Å².